The number of ether oxygens (including phenoxy) is 1. The molecule has 0 aromatic heterocycles. The lowest BCUT2D eigenvalue weighted by atomic mass is 9.87. The molecule has 114 valence electrons. The van der Waals surface area contributed by atoms with E-state index in [4.69, 9.17) is 4.74 Å². The molecular weight excluding hydrogens is 248 g/mol. The van der Waals surface area contributed by atoms with Crippen LogP contribution in [0.4, 0.5) is 0 Å². The first-order valence-electron chi connectivity index (χ1n) is 8.07. The number of aliphatic hydroxyl groups is 1. The Morgan fingerprint density at radius 2 is 1.70 bits per heavy atom. The molecule has 20 heavy (non-hydrogen) atoms. The highest BCUT2D eigenvalue weighted by molar-refractivity contribution is 5.28. The number of hydrogen-bond donors (Lipinski definition) is 1. The van der Waals surface area contributed by atoms with Crippen LogP contribution in [-0.2, 0) is 6.42 Å². The summed E-state index contributed by atoms with van der Waals surface area (Å²) in [5.41, 5.74) is 0.758. The molecule has 1 N–H and O–H groups in total. The Hall–Kier alpha value is -1.02. The van der Waals surface area contributed by atoms with E-state index in [1.54, 1.807) is 0 Å². The van der Waals surface area contributed by atoms with Crippen molar-refractivity contribution in [2.24, 2.45) is 0 Å². The molecule has 1 aromatic rings. The van der Waals surface area contributed by atoms with Crippen molar-refractivity contribution >= 4 is 0 Å². The molecule has 2 nitrogen and oxygen atoms in total. The maximum absolute atomic E-state index is 10.7. The summed E-state index contributed by atoms with van der Waals surface area (Å²) in [5, 5.41) is 10.7. The summed E-state index contributed by atoms with van der Waals surface area (Å²) in [5.74, 6) is 0.943. The first kappa shape index (κ1) is 17.0. The van der Waals surface area contributed by atoms with Crippen LogP contribution < -0.4 is 4.74 Å². The van der Waals surface area contributed by atoms with Crippen molar-refractivity contribution in [1.82, 2.24) is 0 Å². The highest BCUT2D eigenvalue weighted by atomic mass is 16.5. The van der Waals surface area contributed by atoms with Crippen molar-refractivity contribution in [2.45, 2.75) is 71.3 Å². The van der Waals surface area contributed by atoms with E-state index >= 15 is 0 Å². The van der Waals surface area contributed by atoms with Crippen molar-refractivity contribution in [3.05, 3.63) is 29.8 Å². The van der Waals surface area contributed by atoms with Gasteiger partial charge in [0.1, 0.15) is 5.75 Å². The van der Waals surface area contributed by atoms with E-state index in [1.165, 1.54) is 5.56 Å². The van der Waals surface area contributed by atoms with E-state index in [0.717, 1.165) is 57.3 Å². The molecule has 0 aliphatic carbocycles. The van der Waals surface area contributed by atoms with Gasteiger partial charge in [0.2, 0.25) is 0 Å². The molecule has 2 heteroatoms. The van der Waals surface area contributed by atoms with Crippen LogP contribution in [0.5, 0.6) is 5.75 Å². The second-order valence-corrected chi connectivity index (χ2v) is 5.72. The topological polar surface area (TPSA) is 29.5 Å². The Balaban J connectivity index is 2.58. The van der Waals surface area contributed by atoms with Gasteiger partial charge in [0.15, 0.2) is 0 Å². The lowest BCUT2D eigenvalue weighted by Crippen LogP contribution is -2.28. The second kappa shape index (κ2) is 9.02. The van der Waals surface area contributed by atoms with Gasteiger partial charge in [0, 0.05) is 0 Å². The van der Waals surface area contributed by atoms with E-state index in [-0.39, 0.29) is 0 Å². The summed E-state index contributed by atoms with van der Waals surface area (Å²) in [7, 11) is 0. The Morgan fingerprint density at radius 1 is 1.00 bits per heavy atom. The van der Waals surface area contributed by atoms with Gasteiger partial charge >= 0.3 is 0 Å². The number of benzene rings is 1. The standard InChI is InChI=1S/C18H30O2/c1-4-11-18(19,12-5-2)13-10-16-8-7-9-17(15-16)20-14-6-3/h7-9,15,19H,4-6,10-14H2,1-3H3. The summed E-state index contributed by atoms with van der Waals surface area (Å²) < 4.78 is 5.66. The first-order chi connectivity index (χ1) is 9.63. The summed E-state index contributed by atoms with van der Waals surface area (Å²) in [6, 6.07) is 8.27. The monoisotopic (exact) mass is 278 g/mol. The normalized spacial score (nSPS) is 11.6. The molecule has 0 saturated heterocycles. The number of rotatable bonds is 10. The van der Waals surface area contributed by atoms with Crippen LogP contribution in [0.15, 0.2) is 24.3 Å². The van der Waals surface area contributed by atoms with Crippen LogP contribution in [0.3, 0.4) is 0 Å². The third kappa shape index (κ3) is 5.96. The first-order valence-corrected chi connectivity index (χ1v) is 8.07. The predicted octanol–water partition coefficient (Wildman–Crippen LogP) is 4.74. The molecule has 0 bridgehead atoms. The van der Waals surface area contributed by atoms with E-state index in [9.17, 15) is 5.11 Å². The zero-order valence-electron chi connectivity index (χ0n) is 13.3. The minimum absolute atomic E-state index is 0.496. The highest BCUT2D eigenvalue weighted by Gasteiger charge is 2.24. The molecular formula is C18H30O2. The molecule has 1 aromatic carbocycles. The van der Waals surface area contributed by atoms with Crippen LogP contribution >= 0.6 is 0 Å². The quantitative estimate of drug-likeness (QED) is 0.670. The maximum atomic E-state index is 10.7. The van der Waals surface area contributed by atoms with Crippen molar-refractivity contribution < 1.29 is 9.84 Å². The summed E-state index contributed by atoms with van der Waals surface area (Å²) in [6.07, 6.45) is 6.65. The Labute approximate surface area is 124 Å². The van der Waals surface area contributed by atoms with E-state index in [1.807, 2.05) is 12.1 Å². The third-order valence-electron chi connectivity index (χ3n) is 3.68. The van der Waals surface area contributed by atoms with Gasteiger partial charge in [0.05, 0.1) is 12.2 Å². The number of hydrogen-bond acceptors (Lipinski definition) is 2. The maximum Gasteiger partial charge on any atom is 0.119 e. The third-order valence-corrected chi connectivity index (χ3v) is 3.68. The molecule has 0 aliphatic heterocycles. The molecule has 1 rings (SSSR count). The molecule has 0 unspecified atom stereocenters. The molecule has 0 aliphatic rings. The second-order valence-electron chi connectivity index (χ2n) is 5.72. The largest absolute Gasteiger partial charge is 0.494 e. The van der Waals surface area contributed by atoms with E-state index < -0.39 is 5.60 Å². The van der Waals surface area contributed by atoms with Crippen LogP contribution in [0.1, 0.15) is 64.9 Å². The summed E-state index contributed by atoms with van der Waals surface area (Å²) in [6.45, 7) is 7.15. The van der Waals surface area contributed by atoms with Gasteiger partial charge in [0.25, 0.3) is 0 Å². The van der Waals surface area contributed by atoms with Crippen molar-refractivity contribution in [2.75, 3.05) is 6.61 Å². The predicted molar refractivity (Wildman–Crippen MR) is 85.3 cm³/mol. The van der Waals surface area contributed by atoms with Gasteiger partial charge in [-0.25, -0.2) is 0 Å². The zero-order chi connectivity index (χ0) is 14.8. The molecule has 0 spiro atoms. The Kier molecular flexibility index (Phi) is 7.68. The minimum atomic E-state index is -0.496. The minimum Gasteiger partial charge on any atom is -0.494 e. The molecule has 0 amide bonds. The van der Waals surface area contributed by atoms with Crippen molar-refractivity contribution in [3.8, 4) is 5.75 Å². The fourth-order valence-corrected chi connectivity index (χ4v) is 2.69. The lowest BCUT2D eigenvalue weighted by molar-refractivity contribution is 0.0132. The Bertz CT molecular complexity index is 367. The highest BCUT2D eigenvalue weighted by Crippen LogP contribution is 2.26. The number of aryl methyl sites for hydroxylation is 1. The van der Waals surface area contributed by atoms with Gasteiger partial charge in [-0.2, -0.15) is 0 Å². The van der Waals surface area contributed by atoms with Crippen molar-refractivity contribution in [1.29, 1.82) is 0 Å². The molecule has 0 saturated carbocycles. The SMILES string of the molecule is CCCOc1cccc(CCC(O)(CCC)CCC)c1. The van der Waals surface area contributed by atoms with Crippen LogP contribution in [0.2, 0.25) is 0 Å². The van der Waals surface area contributed by atoms with Crippen LogP contribution in [-0.4, -0.2) is 17.3 Å². The molecule has 0 atom stereocenters. The zero-order valence-corrected chi connectivity index (χ0v) is 13.3. The smallest absolute Gasteiger partial charge is 0.119 e. The van der Waals surface area contributed by atoms with Gasteiger partial charge in [-0.3, -0.25) is 0 Å². The average Bonchev–Trinajstić information content (AvgIpc) is 2.44. The van der Waals surface area contributed by atoms with Crippen LogP contribution in [0.25, 0.3) is 0 Å². The molecule has 0 fully saturated rings. The van der Waals surface area contributed by atoms with Gasteiger partial charge < -0.3 is 9.84 Å². The van der Waals surface area contributed by atoms with Gasteiger partial charge in [-0.1, -0.05) is 45.7 Å². The average molecular weight is 278 g/mol. The van der Waals surface area contributed by atoms with Gasteiger partial charge in [-0.05, 0) is 49.8 Å². The van der Waals surface area contributed by atoms with E-state index in [0.29, 0.717) is 0 Å². The van der Waals surface area contributed by atoms with Gasteiger partial charge in [-0.15, -0.1) is 0 Å². The van der Waals surface area contributed by atoms with Crippen molar-refractivity contribution in [3.63, 3.8) is 0 Å². The van der Waals surface area contributed by atoms with E-state index in [2.05, 4.69) is 32.9 Å². The fraction of sp³-hybridized carbons (Fsp3) is 0.667. The van der Waals surface area contributed by atoms with Crippen LogP contribution in [0, 0.1) is 0 Å². The Morgan fingerprint density at radius 3 is 2.30 bits per heavy atom. The molecule has 0 radical (unpaired) electrons. The summed E-state index contributed by atoms with van der Waals surface area (Å²) >= 11 is 0. The lowest BCUT2D eigenvalue weighted by Gasteiger charge is -2.27. The summed E-state index contributed by atoms with van der Waals surface area (Å²) in [4.78, 5) is 0. The molecule has 0 heterocycles. The fourth-order valence-electron chi connectivity index (χ4n) is 2.69.